The van der Waals surface area contributed by atoms with Crippen LogP contribution in [-0.4, -0.2) is 45.4 Å². The monoisotopic (exact) mass is 268 g/mol. The summed E-state index contributed by atoms with van der Waals surface area (Å²) in [5.74, 6) is -0.0450. The van der Waals surface area contributed by atoms with Gasteiger partial charge in [-0.1, -0.05) is 13.3 Å². The molecule has 0 aromatic heterocycles. The first-order valence-corrected chi connectivity index (χ1v) is 5.81. The maximum Gasteiger partial charge on any atom is 0.222 e. The van der Waals surface area contributed by atoms with Crippen molar-refractivity contribution in [2.45, 2.75) is 32.3 Å². The van der Waals surface area contributed by atoms with Crippen molar-refractivity contribution >= 4 is 18.3 Å². The second kappa shape index (κ2) is 13.7. The fourth-order valence-corrected chi connectivity index (χ4v) is 1.15. The molecular weight excluding hydrogens is 244 g/mol. The molecular formula is C11H25ClN2O3. The molecule has 6 heteroatoms. The molecule has 0 rings (SSSR count). The lowest BCUT2D eigenvalue weighted by Crippen LogP contribution is -2.33. The molecule has 17 heavy (non-hydrogen) atoms. The second-order valence-electron chi connectivity index (χ2n) is 3.61. The van der Waals surface area contributed by atoms with Gasteiger partial charge >= 0.3 is 0 Å². The fraction of sp³-hybridized carbons (Fsp3) is 0.909. The third kappa shape index (κ3) is 11.9. The number of methoxy groups -OCH3 is 1. The van der Waals surface area contributed by atoms with Crippen LogP contribution in [0.3, 0.4) is 0 Å². The summed E-state index contributed by atoms with van der Waals surface area (Å²) in [7, 11) is 1.55. The highest BCUT2D eigenvalue weighted by Crippen LogP contribution is 1.94. The number of unbranched alkanes of at least 4 members (excludes halogenated alkanes) is 1. The Balaban J connectivity index is 0. The summed E-state index contributed by atoms with van der Waals surface area (Å²) in [6.45, 7) is 4.34. The highest BCUT2D eigenvalue weighted by molar-refractivity contribution is 5.85. The number of ether oxygens (including phenoxy) is 2. The maximum atomic E-state index is 11.4. The minimum Gasteiger partial charge on any atom is -0.380 e. The number of hydrogen-bond acceptors (Lipinski definition) is 4. The lowest BCUT2D eigenvalue weighted by molar-refractivity contribution is -0.123. The molecule has 0 saturated heterocycles. The van der Waals surface area contributed by atoms with Crippen LogP contribution in [0.4, 0.5) is 0 Å². The number of nitrogens with two attached hydrogens (primary N) is 1. The van der Waals surface area contributed by atoms with Gasteiger partial charge in [0.05, 0.1) is 19.1 Å². The van der Waals surface area contributed by atoms with Gasteiger partial charge in [0.1, 0.15) is 0 Å². The zero-order valence-electron chi connectivity index (χ0n) is 10.7. The van der Waals surface area contributed by atoms with Gasteiger partial charge in [0.15, 0.2) is 0 Å². The second-order valence-corrected chi connectivity index (χ2v) is 3.61. The van der Waals surface area contributed by atoms with Crippen LogP contribution >= 0.6 is 12.4 Å². The lowest BCUT2D eigenvalue weighted by atomic mass is 10.2. The molecule has 3 N–H and O–H groups in total. The molecule has 104 valence electrons. The van der Waals surface area contributed by atoms with Crippen molar-refractivity contribution in [3.8, 4) is 0 Å². The van der Waals surface area contributed by atoms with Crippen molar-refractivity contribution < 1.29 is 14.3 Å². The van der Waals surface area contributed by atoms with E-state index in [9.17, 15) is 4.79 Å². The van der Waals surface area contributed by atoms with Crippen LogP contribution in [0.1, 0.15) is 26.2 Å². The van der Waals surface area contributed by atoms with Crippen molar-refractivity contribution in [3.63, 3.8) is 0 Å². The molecule has 0 heterocycles. The number of nitrogens with one attached hydrogen (secondary N) is 1. The first-order chi connectivity index (χ1) is 7.74. The quantitative estimate of drug-likeness (QED) is 0.572. The SMILES string of the molecule is CCCCOCCNC(=O)CC(CN)OC.Cl. The Hall–Kier alpha value is -0.360. The number of carbonyl (C=O) groups is 1. The summed E-state index contributed by atoms with van der Waals surface area (Å²) in [5.41, 5.74) is 5.41. The molecule has 0 radical (unpaired) electrons. The molecule has 0 aliphatic rings. The van der Waals surface area contributed by atoms with Gasteiger partial charge in [-0.2, -0.15) is 0 Å². The first kappa shape index (κ1) is 19.0. The van der Waals surface area contributed by atoms with Crippen LogP contribution in [0.2, 0.25) is 0 Å². The summed E-state index contributed by atoms with van der Waals surface area (Å²) in [6.07, 6.45) is 2.30. The van der Waals surface area contributed by atoms with Gasteiger partial charge in [-0.15, -0.1) is 12.4 Å². The van der Waals surface area contributed by atoms with E-state index in [1.54, 1.807) is 7.11 Å². The smallest absolute Gasteiger partial charge is 0.222 e. The average Bonchev–Trinajstić information content (AvgIpc) is 2.30. The molecule has 0 aliphatic heterocycles. The van der Waals surface area contributed by atoms with Crippen molar-refractivity contribution in [1.82, 2.24) is 5.32 Å². The van der Waals surface area contributed by atoms with Gasteiger partial charge in [0.2, 0.25) is 5.91 Å². The average molecular weight is 269 g/mol. The van der Waals surface area contributed by atoms with E-state index in [4.69, 9.17) is 15.2 Å². The standard InChI is InChI=1S/C11H24N2O3.ClH/c1-3-4-6-16-7-5-13-11(14)8-10(9-12)15-2;/h10H,3-9,12H2,1-2H3,(H,13,14);1H. The van der Waals surface area contributed by atoms with E-state index in [-0.39, 0.29) is 24.4 Å². The summed E-state index contributed by atoms with van der Waals surface area (Å²) < 4.78 is 10.3. The van der Waals surface area contributed by atoms with Crippen LogP contribution in [0.25, 0.3) is 0 Å². The topological polar surface area (TPSA) is 73.6 Å². The number of rotatable bonds is 10. The highest BCUT2D eigenvalue weighted by atomic mass is 35.5. The van der Waals surface area contributed by atoms with Gasteiger partial charge < -0.3 is 20.5 Å². The number of hydrogen-bond donors (Lipinski definition) is 2. The molecule has 0 aromatic rings. The Bertz CT molecular complexity index is 178. The Morgan fingerprint density at radius 1 is 1.41 bits per heavy atom. The van der Waals surface area contributed by atoms with E-state index in [1.807, 2.05) is 0 Å². The third-order valence-electron chi connectivity index (χ3n) is 2.22. The van der Waals surface area contributed by atoms with Gasteiger partial charge in [-0.05, 0) is 6.42 Å². The minimum atomic E-state index is -0.194. The molecule has 0 bridgehead atoms. The van der Waals surface area contributed by atoms with E-state index < -0.39 is 0 Å². The summed E-state index contributed by atoms with van der Waals surface area (Å²) in [4.78, 5) is 11.4. The van der Waals surface area contributed by atoms with E-state index in [0.717, 1.165) is 19.4 Å². The maximum absolute atomic E-state index is 11.4. The largest absolute Gasteiger partial charge is 0.380 e. The minimum absolute atomic E-state index is 0. The molecule has 0 aliphatic carbocycles. The third-order valence-corrected chi connectivity index (χ3v) is 2.22. The first-order valence-electron chi connectivity index (χ1n) is 5.81. The molecule has 0 fully saturated rings. The fourth-order valence-electron chi connectivity index (χ4n) is 1.15. The van der Waals surface area contributed by atoms with Crippen LogP contribution in [0.5, 0.6) is 0 Å². The number of halogens is 1. The van der Waals surface area contributed by atoms with Gasteiger partial charge in [-0.25, -0.2) is 0 Å². The summed E-state index contributed by atoms with van der Waals surface area (Å²) >= 11 is 0. The van der Waals surface area contributed by atoms with E-state index in [0.29, 0.717) is 26.1 Å². The molecule has 0 aromatic carbocycles. The van der Waals surface area contributed by atoms with Crippen LogP contribution in [0, 0.1) is 0 Å². The Morgan fingerprint density at radius 2 is 2.12 bits per heavy atom. The zero-order valence-corrected chi connectivity index (χ0v) is 11.6. The molecule has 1 atom stereocenters. The van der Waals surface area contributed by atoms with Gasteiger partial charge in [0.25, 0.3) is 0 Å². The lowest BCUT2D eigenvalue weighted by Gasteiger charge is -2.12. The van der Waals surface area contributed by atoms with Crippen molar-refractivity contribution in [2.24, 2.45) is 5.73 Å². The molecule has 0 spiro atoms. The van der Waals surface area contributed by atoms with E-state index in [2.05, 4.69) is 12.2 Å². The van der Waals surface area contributed by atoms with E-state index in [1.165, 1.54) is 0 Å². The Labute approximate surface area is 110 Å². The van der Waals surface area contributed by atoms with Crippen molar-refractivity contribution in [2.75, 3.05) is 33.4 Å². The normalized spacial score (nSPS) is 11.7. The van der Waals surface area contributed by atoms with Crippen molar-refractivity contribution in [1.29, 1.82) is 0 Å². The summed E-state index contributed by atoms with van der Waals surface area (Å²) in [5, 5.41) is 2.76. The van der Waals surface area contributed by atoms with Crippen LogP contribution in [-0.2, 0) is 14.3 Å². The highest BCUT2D eigenvalue weighted by Gasteiger charge is 2.10. The molecule has 1 unspecified atom stereocenters. The predicted molar refractivity (Wildman–Crippen MR) is 70.5 cm³/mol. The van der Waals surface area contributed by atoms with Gasteiger partial charge in [0, 0.05) is 26.8 Å². The van der Waals surface area contributed by atoms with Crippen molar-refractivity contribution in [3.05, 3.63) is 0 Å². The van der Waals surface area contributed by atoms with E-state index >= 15 is 0 Å². The summed E-state index contributed by atoms with van der Waals surface area (Å²) in [6, 6.07) is 0. The number of carbonyl (C=O) groups excluding carboxylic acids is 1. The van der Waals surface area contributed by atoms with Crippen LogP contribution < -0.4 is 11.1 Å². The molecule has 1 amide bonds. The van der Waals surface area contributed by atoms with Crippen LogP contribution in [0.15, 0.2) is 0 Å². The zero-order chi connectivity index (χ0) is 12.2. The Kier molecular flexibility index (Phi) is 15.3. The Morgan fingerprint density at radius 3 is 2.65 bits per heavy atom. The number of amides is 1. The van der Waals surface area contributed by atoms with Gasteiger partial charge in [-0.3, -0.25) is 4.79 Å². The predicted octanol–water partition coefficient (Wildman–Crippen LogP) is 0.705. The molecule has 0 saturated carbocycles. The molecule has 5 nitrogen and oxygen atoms in total.